The van der Waals surface area contributed by atoms with E-state index < -0.39 is 0 Å². The average molecular weight is 205 g/mol. The van der Waals surface area contributed by atoms with Crippen LogP contribution in [0.15, 0.2) is 24.5 Å². The fourth-order valence-corrected chi connectivity index (χ4v) is 2.08. The number of unbranched alkanes of at least 4 members (excludes halogenated alkanes) is 2. The standard InChI is InChI=1S/C14H23N/c1-3-5-6-9-13(8-4-2)14-10-7-11-15-12-14/h7,10-13H,3-6,8-9H2,1-2H3. The van der Waals surface area contributed by atoms with Crippen LogP contribution in [0, 0.1) is 0 Å². The molecule has 0 aliphatic heterocycles. The van der Waals surface area contributed by atoms with Crippen molar-refractivity contribution in [3.05, 3.63) is 30.1 Å². The Kier molecular flexibility index (Phi) is 6.06. The minimum Gasteiger partial charge on any atom is -0.264 e. The van der Waals surface area contributed by atoms with Crippen LogP contribution in [0.2, 0.25) is 0 Å². The summed E-state index contributed by atoms with van der Waals surface area (Å²) in [6, 6.07) is 4.27. The van der Waals surface area contributed by atoms with Crippen LogP contribution in [0.5, 0.6) is 0 Å². The predicted octanol–water partition coefficient (Wildman–Crippen LogP) is 4.55. The Morgan fingerprint density at radius 2 is 2.00 bits per heavy atom. The van der Waals surface area contributed by atoms with Gasteiger partial charge in [-0.2, -0.15) is 0 Å². The lowest BCUT2D eigenvalue weighted by atomic mass is 9.90. The molecule has 0 aromatic carbocycles. The number of hydrogen-bond acceptors (Lipinski definition) is 1. The van der Waals surface area contributed by atoms with Crippen LogP contribution in [0.1, 0.15) is 63.9 Å². The molecule has 1 atom stereocenters. The van der Waals surface area contributed by atoms with E-state index in [2.05, 4.69) is 31.0 Å². The number of rotatable bonds is 7. The van der Waals surface area contributed by atoms with Gasteiger partial charge < -0.3 is 0 Å². The van der Waals surface area contributed by atoms with E-state index in [-0.39, 0.29) is 0 Å². The topological polar surface area (TPSA) is 12.9 Å². The summed E-state index contributed by atoms with van der Waals surface area (Å²) in [7, 11) is 0. The molecule has 84 valence electrons. The third-order valence-corrected chi connectivity index (χ3v) is 2.95. The molecule has 0 radical (unpaired) electrons. The lowest BCUT2D eigenvalue weighted by molar-refractivity contribution is 0.528. The van der Waals surface area contributed by atoms with Crippen molar-refractivity contribution >= 4 is 0 Å². The summed E-state index contributed by atoms with van der Waals surface area (Å²) in [5.74, 6) is 0.732. The Labute approximate surface area is 93.9 Å². The molecule has 1 nitrogen and oxygen atoms in total. The Morgan fingerprint density at radius 1 is 1.13 bits per heavy atom. The molecule has 0 saturated carbocycles. The van der Waals surface area contributed by atoms with Gasteiger partial charge >= 0.3 is 0 Å². The monoisotopic (exact) mass is 205 g/mol. The van der Waals surface area contributed by atoms with Crippen LogP contribution in [0.3, 0.4) is 0 Å². The number of pyridine rings is 1. The second kappa shape index (κ2) is 7.44. The Morgan fingerprint density at radius 3 is 2.60 bits per heavy atom. The summed E-state index contributed by atoms with van der Waals surface area (Å²) in [5, 5.41) is 0. The molecule has 0 aliphatic carbocycles. The van der Waals surface area contributed by atoms with Gasteiger partial charge in [0, 0.05) is 12.4 Å². The van der Waals surface area contributed by atoms with Crippen LogP contribution in [0.4, 0.5) is 0 Å². The summed E-state index contributed by atoms with van der Waals surface area (Å²) < 4.78 is 0. The van der Waals surface area contributed by atoms with Gasteiger partial charge in [-0.1, -0.05) is 45.6 Å². The third-order valence-electron chi connectivity index (χ3n) is 2.95. The van der Waals surface area contributed by atoms with Gasteiger partial charge in [-0.15, -0.1) is 0 Å². The minimum atomic E-state index is 0.732. The normalized spacial score (nSPS) is 12.7. The second-order valence-corrected chi connectivity index (χ2v) is 4.27. The molecule has 1 heterocycles. The molecule has 1 unspecified atom stereocenters. The van der Waals surface area contributed by atoms with Gasteiger partial charge in [0.25, 0.3) is 0 Å². The van der Waals surface area contributed by atoms with Crippen LogP contribution in [0.25, 0.3) is 0 Å². The molecular weight excluding hydrogens is 182 g/mol. The van der Waals surface area contributed by atoms with Crippen molar-refractivity contribution in [2.24, 2.45) is 0 Å². The molecule has 1 aromatic rings. The highest BCUT2D eigenvalue weighted by molar-refractivity contribution is 5.14. The molecule has 1 aromatic heterocycles. The Balaban J connectivity index is 2.50. The van der Waals surface area contributed by atoms with Gasteiger partial charge in [0.2, 0.25) is 0 Å². The first-order valence-electron chi connectivity index (χ1n) is 6.28. The van der Waals surface area contributed by atoms with Crippen molar-refractivity contribution in [3.8, 4) is 0 Å². The van der Waals surface area contributed by atoms with Gasteiger partial charge in [0.05, 0.1) is 0 Å². The van der Waals surface area contributed by atoms with E-state index in [1.807, 2.05) is 12.4 Å². The molecule has 0 aliphatic rings. The first-order chi connectivity index (χ1) is 7.38. The van der Waals surface area contributed by atoms with Gasteiger partial charge in [0.1, 0.15) is 0 Å². The maximum absolute atomic E-state index is 4.22. The van der Waals surface area contributed by atoms with Crippen LogP contribution >= 0.6 is 0 Å². The summed E-state index contributed by atoms with van der Waals surface area (Å²) in [5.41, 5.74) is 1.43. The van der Waals surface area contributed by atoms with Crippen molar-refractivity contribution in [1.82, 2.24) is 4.98 Å². The zero-order valence-corrected chi connectivity index (χ0v) is 10.1. The number of aromatic nitrogens is 1. The van der Waals surface area contributed by atoms with E-state index >= 15 is 0 Å². The molecule has 0 spiro atoms. The lowest BCUT2D eigenvalue weighted by Crippen LogP contribution is -1.99. The van der Waals surface area contributed by atoms with E-state index in [1.165, 1.54) is 44.1 Å². The number of nitrogens with zero attached hydrogens (tertiary/aromatic N) is 1. The van der Waals surface area contributed by atoms with Gasteiger partial charge in [-0.3, -0.25) is 4.98 Å². The summed E-state index contributed by atoms with van der Waals surface area (Å²) in [4.78, 5) is 4.22. The molecule has 0 saturated heterocycles. The maximum atomic E-state index is 4.22. The fourth-order valence-electron chi connectivity index (χ4n) is 2.08. The second-order valence-electron chi connectivity index (χ2n) is 4.27. The van der Waals surface area contributed by atoms with E-state index in [0.717, 1.165) is 5.92 Å². The molecular formula is C14H23N. The summed E-state index contributed by atoms with van der Waals surface area (Å²) in [6.07, 6.45) is 11.8. The molecule has 0 fully saturated rings. The van der Waals surface area contributed by atoms with E-state index in [4.69, 9.17) is 0 Å². The summed E-state index contributed by atoms with van der Waals surface area (Å²) in [6.45, 7) is 4.53. The van der Waals surface area contributed by atoms with E-state index in [9.17, 15) is 0 Å². The first-order valence-corrected chi connectivity index (χ1v) is 6.28. The van der Waals surface area contributed by atoms with Gasteiger partial charge in [-0.25, -0.2) is 0 Å². The lowest BCUT2D eigenvalue weighted by Gasteiger charge is -2.15. The fraction of sp³-hybridized carbons (Fsp3) is 0.643. The SMILES string of the molecule is CCCCCC(CCC)c1cccnc1. The Bertz CT molecular complexity index is 243. The molecule has 1 heteroatoms. The van der Waals surface area contributed by atoms with Gasteiger partial charge in [-0.05, 0) is 30.4 Å². The predicted molar refractivity (Wildman–Crippen MR) is 66.0 cm³/mol. The molecule has 1 rings (SSSR count). The molecule has 0 N–H and O–H groups in total. The molecule has 15 heavy (non-hydrogen) atoms. The highest BCUT2D eigenvalue weighted by Gasteiger charge is 2.09. The zero-order chi connectivity index (χ0) is 10.9. The smallest absolute Gasteiger partial charge is 0.0302 e. The van der Waals surface area contributed by atoms with Crippen LogP contribution in [-0.2, 0) is 0 Å². The third kappa shape index (κ3) is 4.46. The van der Waals surface area contributed by atoms with Crippen molar-refractivity contribution in [2.75, 3.05) is 0 Å². The highest BCUT2D eigenvalue weighted by atomic mass is 14.6. The number of hydrogen-bond donors (Lipinski definition) is 0. The van der Waals surface area contributed by atoms with Gasteiger partial charge in [0.15, 0.2) is 0 Å². The van der Waals surface area contributed by atoms with Crippen molar-refractivity contribution in [1.29, 1.82) is 0 Å². The van der Waals surface area contributed by atoms with Crippen LogP contribution in [-0.4, -0.2) is 4.98 Å². The van der Waals surface area contributed by atoms with E-state index in [1.54, 1.807) is 0 Å². The van der Waals surface area contributed by atoms with Crippen molar-refractivity contribution in [3.63, 3.8) is 0 Å². The minimum absolute atomic E-state index is 0.732. The molecule has 0 amide bonds. The quantitative estimate of drug-likeness (QED) is 0.595. The van der Waals surface area contributed by atoms with E-state index in [0.29, 0.717) is 0 Å². The first kappa shape index (κ1) is 12.2. The maximum Gasteiger partial charge on any atom is 0.0302 e. The zero-order valence-electron chi connectivity index (χ0n) is 10.1. The Hall–Kier alpha value is -0.850. The average Bonchev–Trinajstić information content (AvgIpc) is 2.29. The van der Waals surface area contributed by atoms with Crippen molar-refractivity contribution in [2.45, 2.75) is 58.3 Å². The molecule has 0 bridgehead atoms. The van der Waals surface area contributed by atoms with Crippen molar-refractivity contribution < 1.29 is 0 Å². The van der Waals surface area contributed by atoms with Crippen LogP contribution < -0.4 is 0 Å². The highest BCUT2D eigenvalue weighted by Crippen LogP contribution is 2.26. The largest absolute Gasteiger partial charge is 0.264 e. The summed E-state index contributed by atoms with van der Waals surface area (Å²) >= 11 is 0.